The number of aromatic nitrogens is 2. The van der Waals surface area contributed by atoms with E-state index in [-0.39, 0.29) is 0 Å². The van der Waals surface area contributed by atoms with Gasteiger partial charge in [0.15, 0.2) is 0 Å². The fraction of sp³-hybridized carbons (Fsp3) is 0.222. The van der Waals surface area contributed by atoms with Gasteiger partial charge in [0.05, 0.1) is 16.0 Å². The van der Waals surface area contributed by atoms with E-state index in [0.717, 1.165) is 21.6 Å². The molecule has 4 rings (SSSR count). The molecule has 0 N–H and O–H groups in total. The number of hydrogen-bond donors (Lipinski definition) is 0. The standard InChI is InChI=1S/C16H13N3O2S2.C2H6/c20-23(21)16-4-2-1-3-14(16)11-19(23)10-12-5-7-13(8-6-12)15-9-17-18-22-15;1-2/h1-9H,10-11H2;1-2H3. The monoisotopic (exact) mass is 373 g/mol. The highest BCUT2D eigenvalue weighted by Gasteiger charge is 2.33. The zero-order valence-corrected chi connectivity index (χ0v) is 15.7. The fourth-order valence-electron chi connectivity index (χ4n) is 2.71. The van der Waals surface area contributed by atoms with E-state index in [1.165, 1.54) is 15.8 Å². The Morgan fingerprint density at radius 3 is 2.44 bits per heavy atom. The number of nitrogens with zero attached hydrogens (tertiary/aromatic N) is 3. The predicted molar refractivity (Wildman–Crippen MR) is 99.6 cm³/mol. The Kier molecular flexibility index (Phi) is 5.27. The molecule has 5 nitrogen and oxygen atoms in total. The molecule has 2 heterocycles. The van der Waals surface area contributed by atoms with Gasteiger partial charge in [-0.2, -0.15) is 4.31 Å². The van der Waals surface area contributed by atoms with Crippen LogP contribution >= 0.6 is 11.5 Å². The first-order valence-corrected chi connectivity index (χ1v) is 10.3. The summed E-state index contributed by atoms with van der Waals surface area (Å²) in [6.07, 6.45) is 1.72. The molecule has 3 aromatic rings. The summed E-state index contributed by atoms with van der Waals surface area (Å²) in [4.78, 5) is 1.42. The molecule has 0 saturated heterocycles. The van der Waals surface area contributed by atoms with Crippen LogP contribution in [-0.2, 0) is 23.1 Å². The van der Waals surface area contributed by atoms with E-state index in [1.54, 1.807) is 18.3 Å². The summed E-state index contributed by atoms with van der Waals surface area (Å²) in [7, 11) is -3.38. The summed E-state index contributed by atoms with van der Waals surface area (Å²) in [5.41, 5.74) is 2.86. The second-order valence-corrected chi connectivity index (χ2v) is 8.05. The minimum atomic E-state index is -3.38. The minimum Gasteiger partial charge on any atom is -0.207 e. The lowest BCUT2D eigenvalue weighted by Gasteiger charge is -2.14. The Labute approximate surface area is 152 Å². The van der Waals surface area contributed by atoms with Gasteiger partial charge in [-0.05, 0) is 34.3 Å². The highest BCUT2D eigenvalue weighted by atomic mass is 32.2. The Morgan fingerprint density at radius 2 is 1.80 bits per heavy atom. The highest BCUT2D eigenvalue weighted by Crippen LogP contribution is 2.31. The molecule has 0 unspecified atom stereocenters. The molecule has 0 bridgehead atoms. The van der Waals surface area contributed by atoms with Gasteiger partial charge in [0.25, 0.3) is 0 Å². The molecular weight excluding hydrogens is 354 g/mol. The first-order chi connectivity index (χ1) is 12.1. The van der Waals surface area contributed by atoms with E-state index < -0.39 is 10.0 Å². The quantitative estimate of drug-likeness (QED) is 0.698. The smallest absolute Gasteiger partial charge is 0.207 e. The topological polar surface area (TPSA) is 63.2 Å². The average Bonchev–Trinajstić information content (AvgIpc) is 3.26. The van der Waals surface area contributed by atoms with Crippen molar-refractivity contribution in [1.82, 2.24) is 13.9 Å². The van der Waals surface area contributed by atoms with Gasteiger partial charge >= 0.3 is 0 Å². The third kappa shape index (κ3) is 3.49. The lowest BCUT2D eigenvalue weighted by Crippen LogP contribution is -2.23. The maximum Gasteiger partial charge on any atom is 0.244 e. The molecule has 0 saturated carbocycles. The lowest BCUT2D eigenvalue weighted by atomic mass is 10.1. The number of fused-ring (bicyclic) bond motifs is 1. The van der Waals surface area contributed by atoms with Crippen molar-refractivity contribution >= 4 is 21.6 Å². The largest absolute Gasteiger partial charge is 0.244 e. The maximum atomic E-state index is 12.6. The second kappa shape index (κ2) is 7.43. The molecule has 1 aliphatic heterocycles. The van der Waals surface area contributed by atoms with Crippen LogP contribution in [0.15, 0.2) is 59.6 Å². The lowest BCUT2D eigenvalue weighted by molar-refractivity contribution is 0.420. The number of rotatable bonds is 3. The van der Waals surface area contributed by atoms with Crippen LogP contribution in [0.2, 0.25) is 0 Å². The Bertz CT molecular complexity index is 937. The molecule has 1 aromatic heterocycles. The molecular formula is C18H19N3O2S2. The van der Waals surface area contributed by atoms with Gasteiger partial charge in [-0.15, -0.1) is 5.10 Å². The molecule has 0 aliphatic carbocycles. The van der Waals surface area contributed by atoms with Crippen LogP contribution < -0.4 is 0 Å². The molecule has 0 fully saturated rings. The predicted octanol–water partition coefficient (Wildman–Crippen LogP) is 3.94. The molecule has 7 heteroatoms. The number of sulfonamides is 1. The van der Waals surface area contributed by atoms with E-state index in [1.807, 2.05) is 50.2 Å². The van der Waals surface area contributed by atoms with Crippen LogP contribution in [0.4, 0.5) is 0 Å². The maximum absolute atomic E-state index is 12.6. The van der Waals surface area contributed by atoms with Crippen molar-refractivity contribution in [3.8, 4) is 10.4 Å². The van der Waals surface area contributed by atoms with E-state index in [2.05, 4.69) is 9.59 Å². The Morgan fingerprint density at radius 1 is 1.08 bits per heavy atom. The van der Waals surface area contributed by atoms with Crippen LogP contribution in [0.25, 0.3) is 10.4 Å². The van der Waals surface area contributed by atoms with Crippen molar-refractivity contribution in [2.45, 2.75) is 31.8 Å². The first-order valence-electron chi connectivity index (χ1n) is 8.09. The summed E-state index contributed by atoms with van der Waals surface area (Å²) >= 11 is 1.34. The zero-order chi connectivity index (χ0) is 17.9. The summed E-state index contributed by atoms with van der Waals surface area (Å²) < 4.78 is 30.5. The summed E-state index contributed by atoms with van der Waals surface area (Å²) in [5.74, 6) is 0. The van der Waals surface area contributed by atoms with Crippen molar-refractivity contribution in [3.05, 3.63) is 65.9 Å². The van der Waals surface area contributed by atoms with Crippen LogP contribution in [0.5, 0.6) is 0 Å². The van der Waals surface area contributed by atoms with Crippen LogP contribution in [0.3, 0.4) is 0 Å². The van der Waals surface area contributed by atoms with Crippen molar-refractivity contribution in [2.75, 3.05) is 0 Å². The van der Waals surface area contributed by atoms with Crippen molar-refractivity contribution in [1.29, 1.82) is 0 Å². The molecule has 0 spiro atoms. The molecule has 25 heavy (non-hydrogen) atoms. The van der Waals surface area contributed by atoms with Gasteiger partial charge in [0.2, 0.25) is 10.0 Å². The molecule has 130 valence electrons. The van der Waals surface area contributed by atoms with E-state index in [4.69, 9.17) is 0 Å². The van der Waals surface area contributed by atoms with Crippen LogP contribution in [0.1, 0.15) is 25.0 Å². The molecule has 1 aliphatic rings. The van der Waals surface area contributed by atoms with Crippen LogP contribution in [-0.4, -0.2) is 22.3 Å². The van der Waals surface area contributed by atoms with Gasteiger partial charge in [0.1, 0.15) is 0 Å². The van der Waals surface area contributed by atoms with Gasteiger partial charge in [-0.25, -0.2) is 8.42 Å². The number of benzene rings is 2. The Hall–Kier alpha value is -2.09. The molecule has 2 aromatic carbocycles. The minimum absolute atomic E-state index is 0.373. The highest BCUT2D eigenvalue weighted by molar-refractivity contribution is 7.89. The number of hydrogen-bond acceptors (Lipinski definition) is 5. The summed E-state index contributed by atoms with van der Waals surface area (Å²) in [5, 5.41) is 3.83. The molecule has 0 amide bonds. The van der Waals surface area contributed by atoms with Crippen molar-refractivity contribution in [3.63, 3.8) is 0 Å². The summed E-state index contributed by atoms with van der Waals surface area (Å²) in [6.45, 7) is 4.80. The molecule has 0 radical (unpaired) electrons. The third-order valence-corrected chi connectivity index (χ3v) is 6.50. The van der Waals surface area contributed by atoms with Crippen molar-refractivity contribution in [2.24, 2.45) is 0 Å². The second-order valence-electron chi connectivity index (χ2n) is 5.36. The SMILES string of the molecule is CC.O=S1(=O)c2ccccc2CN1Cc1ccc(-c2cnns2)cc1. The zero-order valence-electron chi connectivity index (χ0n) is 14.1. The fourth-order valence-corrected chi connectivity index (χ4v) is 4.85. The van der Waals surface area contributed by atoms with Gasteiger partial charge < -0.3 is 0 Å². The van der Waals surface area contributed by atoms with Crippen molar-refractivity contribution < 1.29 is 8.42 Å². The Balaban J connectivity index is 0.000000880. The average molecular weight is 374 g/mol. The third-order valence-electron chi connectivity index (χ3n) is 3.90. The van der Waals surface area contributed by atoms with E-state index in [0.29, 0.717) is 18.0 Å². The summed E-state index contributed by atoms with van der Waals surface area (Å²) in [6, 6.07) is 15.0. The van der Waals surface area contributed by atoms with Gasteiger partial charge in [-0.3, -0.25) is 0 Å². The van der Waals surface area contributed by atoms with Gasteiger partial charge in [-0.1, -0.05) is 60.8 Å². The van der Waals surface area contributed by atoms with E-state index >= 15 is 0 Å². The van der Waals surface area contributed by atoms with Gasteiger partial charge in [0, 0.05) is 13.1 Å². The van der Waals surface area contributed by atoms with Crippen LogP contribution in [0, 0.1) is 0 Å². The first kappa shape index (κ1) is 17.7. The molecule has 0 atom stereocenters. The van der Waals surface area contributed by atoms with E-state index in [9.17, 15) is 8.42 Å². The normalized spacial score (nSPS) is 15.3.